The van der Waals surface area contributed by atoms with Gasteiger partial charge < -0.3 is 30.1 Å². The van der Waals surface area contributed by atoms with Crippen LogP contribution in [0.25, 0.3) is 0 Å². The normalized spacial score (nSPS) is 35.8. The van der Waals surface area contributed by atoms with Gasteiger partial charge in [-0.25, -0.2) is 14.0 Å². The highest BCUT2D eigenvalue weighted by Crippen LogP contribution is 2.69. The second-order valence-electron chi connectivity index (χ2n) is 13.1. The molecule has 3 fully saturated rings. The quantitative estimate of drug-likeness (QED) is 0.155. The molecule has 0 aliphatic heterocycles. The summed E-state index contributed by atoms with van der Waals surface area (Å²) in [6.07, 6.45) is -0.243. The van der Waals surface area contributed by atoms with Gasteiger partial charge >= 0.3 is 12.1 Å². The summed E-state index contributed by atoms with van der Waals surface area (Å²) < 4.78 is 27.3. The number of fused-ring (bicyclic) bond motifs is 5. The lowest BCUT2D eigenvalue weighted by Crippen LogP contribution is -2.69. The predicted octanol–water partition coefficient (Wildman–Crippen LogP) is 1.61. The van der Waals surface area contributed by atoms with Gasteiger partial charge in [-0.05, 0) is 61.8 Å². The molecular formula is C32H39FN2O12. The maximum atomic E-state index is 17.2. The molecule has 4 aliphatic carbocycles. The minimum atomic E-state index is -2.48. The third-order valence-electron chi connectivity index (χ3n) is 10.8. The number of nitrogens with zero attached hydrogens (tertiary/aromatic N) is 1. The molecule has 14 nitrogen and oxygen atoms in total. The second-order valence-corrected chi connectivity index (χ2v) is 13.1. The number of esters is 1. The molecule has 6 N–H and O–H groups in total. The van der Waals surface area contributed by atoms with Crippen LogP contribution in [0.3, 0.4) is 0 Å². The number of allylic oxidation sites excluding steroid dienone is 4. The first-order valence-corrected chi connectivity index (χ1v) is 15.3. The number of amides is 1. The first-order chi connectivity index (χ1) is 22.1. The number of Topliss-reactive ketones (excluding diaryl/α,β-unsaturated/α-hetero) is 1. The summed E-state index contributed by atoms with van der Waals surface area (Å²) in [5.41, 5.74) is -5.92. The number of ketones is 2. The maximum Gasteiger partial charge on any atom is 0.408 e. The standard InChI is InChI=1S/C32H39FN2O12/c1-29-10-9-21(36)11-20(29)7-8-22-23-12-24(37)32(42,30(23,2)13-25(38)31(22,29)33)26(39)17-46-28(41)34-14-27(40)45-15-18-5-3-4-6-19(18)16-47-35(43)44/h3-6,9-11,22-25,37-38,42-44H,7-8,12-17H2,1-2H3,(H,34,41)/t22-,23-,24+,25-,29-,30-,31-,32-/m0/s1. The molecule has 8 atom stereocenters. The Hall–Kier alpha value is -3.57. The van der Waals surface area contributed by atoms with E-state index in [1.807, 2.05) is 0 Å². The summed E-state index contributed by atoms with van der Waals surface area (Å²) in [4.78, 5) is 54.6. The molecule has 47 heavy (non-hydrogen) atoms. The van der Waals surface area contributed by atoms with E-state index in [2.05, 4.69) is 10.2 Å². The SMILES string of the molecule is C[C@]12C=CC(=O)C=C1CC[C@H]1[C@@H]3C[C@@H](O)[C@](O)(C(=O)COC(=O)NCC(=O)OCc4ccccc4CON(O)O)[C@@]3(C)C[C@H](O)[C@@]12F. The van der Waals surface area contributed by atoms with Crippen LogP contribution in [0.4, 0.5) is 9.18 Å². The van der Waals surface area contributed by atoms with Crippen LogP contribution >= 0.6 is 0 Å². The van der Waals surface area contributed by atoms with Crippen molar-refractivity contribution in [1.29, 1.82) is 0 Å². The zero-order valence-electron chi connectivity index (χ0n) is 25.9. The van der Waals surface area contributed by atoms with Crippen molar-refractivity contribution >= 4 is 23.6 Å². The average Bonchev–Trinajstić information content (AvgIpc) is 3.23. The van der Waals surface area contributed by atoms with E-state index >= 15 is 4.39 Å². The molecule has 0 heterocycles. The molecule has 0 bridgehead atoms. The molecule has 0 saturated heterocycles. The largest absolute Gasteiger partial charge is 0.459 e. The second kappa shape index (κ2) is 12.8. The Bertz CT molecular complexity index is 1500. The van der Waals surface area contributed by atoms with E-state index in [4.69, 9.17) is 19.9 Å². The number of halogens is 1. The number of hydrogen-bond acceptors (Lipinski definition) is 13. The molecule has 0 unspecified atom stereocenters. The Morgan fingerprint density at radius 1 is 1.04 bits per heavy atom. The first kappa shape index (κ1) is 34.8. The van der Waals surface area contributed by atoms with Crippen LogP contribution in [0.2, 0.25) is 0 Å². The van der Waals surface area contributed by atoms with E-state index in [0.717, 1.165) is 0 Å². The van der Waals surface area contributed by atoms with Gasteiger partial charge in [-0.15, -0.1) is 0 Å². The number of alkyl halides is 1. The van der Waals surface area contributed by atoms with E-state index in [1.165, 1.54) is 25.2 Å². The van der Waals surface area contributed by atoms with Crippen molar-refractivity contribution in [3.8, 4) is 0 Å². The number of aliphatic hydroxyl groups excluding tert-OH is 2. The van der Waals surface area contributed by atoms with Crippen LogP contribution in [0.1, 0.15) is 50.7 Å². The summed E-state index contributed by atoms with van der Waals surface area (Å²) in [5, 5.41) is 53.4. The van der Waals surface area contributed by atoms with Gasteiger partial charge in [0.2, 0.25) is 5.78 Å². The summed E-state index contributed by atoms with van der Waals surface area (Å²) in [6.45, 7) is 1.07. The third kappa shape index (κ3) is 5.79. The van der Waals surface area contributed by atoms with Gasteiger partial charge in [-0.3, -0.25) is 24.8 Å². The van der Waals surface area contributed by atoms with Crippen molar-refractivity contribution in [3.63, 3.8) is 0 Å². The first-order valence-electron chi connectivity index (χ1n) is 15.3. The lowest BCUT2D eigenvalue weighted by Gasteiger charge is -2.62. The molecule has 1 amide bonds. The average molecular weight is 663 g/mol. The molecule has 0 aromatic heterocycles. The molecule has 4 aliphatic rings. The van der Waals surface area contributed by atoms with Crippen LogP contribution in [0.5, 0.6) is 0 Å². The number of carbonyl (C=O) groups excluding carboxylic acids is 4. The zero-order valence-corrected chi connectivity index (χ0v) is 25.9. The highest BCUT2D eigenvalue weighted by atomic mass is 19.1. The van der Waals surface area contributed by atoms with E-state index in [9.17, 15) is 34.5 Å². The lowest BCUT2D eigenvalue weighted by atomic mass is 9.44. The number of aliphatic hydroxyl groups is 3. The molecule has 0 radical (unpaired) electrons. The summed E-state index contributed by atoms with van der Waals surface area (Å²) in [7, 11) is 0. The zero-order chi connectivity index (χ0) is 34.4. The Kier molecular flexibility index (Phi) is 9.47. The van der Waals surface area contributed by atoms with Crippen LogP contribution in [0.15, 0.2) is 48.1 Å². The van der Waals surface area contributed by atoms with Crippen LogP contribution in [0, 0.1) is 22.7 Å². The summed E-state index contributed by atoms with van der Waals surface area (Å²) >= 11 is 0. The highest BCUT2D eigenvalue weighted by Gasteiger charge is 2.76. The molecule has 0 spiro atoms. The van der Waals surface area contributed by atoms with Gasteiger partial charge in [-0.2, -0.15) is 0 Å². The minimum Gasteiger partial charge on any atom is -0.459 e. The fourth-order valence-electron chi connectivity index (χ4n) is 8.34. The molecule has 3 saturated carbocycles. The number of alkyl carbamates (subject to hydrolysis) is 1. The van der Waals surface area contributed by atoms with Crippen molar-refractivity contribution in [2.24, 2.45) is 22.7 Å². The number of benzene rings is 1. The molecule has 1 aromatic carbocycles. The van der Waals surface area contributed by atoms with Gasteiger partial charge in [0.15, 0.2) is 23.7 Å². The van der Waals surface area contributed by atoms with Crippen LogP contribution < -0.4 is 5.32 Å². The molecule has 1 aromatic rings. The van der Waals surface area contributed by atoms with Crippen molar-refractivity contribution in [2.45, 2.75) is 76.2 Å². The fourth-order valence-corrected chi connectivity index (χ4v) is 8.34. The van der Waals surface area contributed by atoms with E-state index in [-0.39, 0.29) is 38.3 Å². The molecular weight excluding hydrogens is 623 g/mol. The van der Waals surface area contributed by atoms with Gasteiger partial charge in [0.25, 0.3) is 0 Å². The molecule has 256 valence electrons. The number of nitrogens with one attached hydrogen (secondary N) is 1. The van der Waals surface area contributed by atoms with Gasteiger partial charge in [-0.1, -0.05) is 42.8 Å². The molecule has 15 heteroatoms. The van der Waals surface area contributed by atoms with Crippen LogP contribution in [-0.4, -0.2) is 91.4 Å². The summed E-state index contributed by atoms with van der Waals surface area (Å²) in [5.74, 6) is -3.76. The Morgan fingerprint density at radius 2 is 1.72 bits per heavy atom. The minimum absolute atomic E-state index is 0.134. The van der Waals surface area contributed by atoms with Crippen LogP contribution in [-0.2, 0) is 41.9 Å². The van der Waals surface area contributed by atoms with Gasteiger partial charge in [0.05, 0.1) is 24.2 Å². The Labute approximate surface area is 269 Å². The van der Waals surface area contributed by atoms with E-state index in [0.29, 0.717) is 23.1 Å². The van der Waals surface area contributed by atoms with Crippen molar-refractivity contribution in [2.75, 3.05) is 13.2 Å². The fraction of sp³-hybridized carbons (Fsp3) is 0.562. The lowest BCUT2D eigenvalue weighted by molar-refractivity contribution is -0.497. The van der Waals surface area contributed by atoms with Crippen molar-refractivity contribution in [3.05, 3.63) is 59.2 Å². The summed E-state index contributed by atoms with van der Waals surface area (Å²) in [6, 6.07) is 6.55. The van der Waals surface area contributed by atoms with Gasteiger partial charge in [0.1, 0.15) is 13.2 Å². The van der Waals surface area contributed by atoms with Gasteiger partial charge in [0, 0.05) is 16.7 Å². The van der Waals surface area contributed by atoms with Crippen molar-refractivity contribution < 1.29 is 63.6 Å². The van der Waals surface area contributed by atoms with Crippen molar-refractivity contribution in [1.82, 2.24) is 10.7 Å². The third-order valence-corrected chi connectivity index (χ3v) is 10.8. The molecule has 5 rings (SSSR count). The van der Waals surface area contributed by atoms with E-state index in [1.54, 1.807) is 31.2 Å². The predicted molar refractivity (Wildman–Crippen MR) is 155 cm³/mol. The number of ether oxygens (including phenoxy) is 2. The monoisotopic (exact) mass is 662 g/mol. The van der Waals surface area contributed by atoms with E-state index < -0.39 is 82.5 Å². The number of carbonyl (C=O) groups is 4. The Balaban J connectivity index is 1.19. The number of hydrogen-bond donors (Lipinski definition) is 6. The highest BCUT2D eigenvalue weighted by molar-refractivity contribution is 6.01. The topological polar surface area (TPSA) is 212 Å². The maximum absolute atomic E-state index is 17.2. The smallest absolute Gasteiger partial charge is 0.408 e. The Morgan fingerprint density at radius 3 is 2.40 bits per heavy atom. The number of rotatable bonds is 10.